The Hall–Kier alpha value is -2.98. The van der Waals surface area contributed by atoms with Gasteiger partial charge in [-0.2, -0.15) is 5.10 Å². The molecule has 14 heteroatoms. The Morgan fingerprint density at radius 2 is 1.93 bits per heavy atom. The number of aryl methyl sites for hydroxylation is 2. The van der Waals surface area contributed by atoms with E-state index in [4.69, 9.17) is 18.9 Å². The number of hydrogen-bond donors (Lipinski definition) is 3. The summed E-state index contributed by atoms with van der Waals surface area (Å²) in [6.07, 6.45) is -4.83. The van der Waals surface area contributed by atoms with E-state index in [0.717, 1.165) is 30.9 Å². The summed E-state index contributed by atoms with van der Waals surface area (Å²) in [7, 11) is 0. The number of fused-ring (bicyclic) bond motifs is 2. The molecule has 43 heavy (non-hydrogen) atoms. The zero-order valence-electron chi connectivity index (χ0n) is 24.3. The van der Waals surface area contributed by atoms with Crippen LogP contribution in [-0.2, 0) is 18.9 Å². The standard InChI is InChI=1S/C29H33BrN6O6S/c1-14-31-26(36(35-14)17-11-18(30)21-20(12-17)43-15(2)32-21)25-23(37)22(33-34-28(38)42-29(3,4)5)24-19(40-25)13-39-27(41-24)16-9-7-6-8-10-16/h6-12,19,22-25,27,33,37H,13H2,1-5H3,(H,34,38)/t19?,22?,23?,24-,25+,27?/m0/s1. The van der Waals surface area contributed by atoms with Gasteiger partial charge in [0.2, 0.25) is 0 Å². The average molecular weight is 674 g/mol. The van der Waals surface area contributed by atoms with Gasteiger partial charge in [0.25, 0.3) is 0 Å². The summed E-state index contributed by atoms with van der Waals surface area (Å²) in [6, 6.07) is 12.6. The Morgan fingerprint density at radius 3 is 2.67 bits per heavy atom. The number of carbonyl (C=O) groups is 1. The minimum atomic E-state index is -1.22. The SMILES string of the molecule is Cc1nc([C@@H]2OC3COC(c4ccccc4)O[C@@H]3C(NNC(=O)OC(C)(C)C)C2O)n(-c2cc(Br)c3nc(C)sc3c2)n1. The van der Waals surface area contributed by atoms with Gasteiger partial charge in [0.1, 0.15) is 35.8 Å². The second-order valence-corrected chi connectivity index (χ2v) is 13.6. The zero-order chi connectivity index (χ0) is 30.5. The van der Waals surface area contributed by atoms with Crippen molar-refractivity contribution in [1.29, 1.82) is 0 Å². The highest BCUT2D eigenvalue weighted by Gasteiger charge is 2.51. The Bertz CT molecular complexity index is 1620. The summed E-state index contributed by atoms with van der Waals surface area (Å²) < 4.78 is 27.7. The molecule has 6 atom stereocenters. The average Bonchev–Trinajstić information content (AvgIpc) is 3.53. The highest BCUT2D eigenvalue weighted by atomic mass is 79.9. The second kappa shape index (κ2) is 11.8. The van der Waals surface area contributed by atoms with E-state index in [9.17, 15) is 9.90 Å². The van der Waals surface area contributed by atoms with Crippen molar-refractivity contribution in [2.24, 2.45) is 0 Å². The number of hydrogen-bond acceptors (Lipinski definition) is 11. The molecule has 2 saturated heterocycles. The van der Waals surface area contributed by atoms with E-state index < -0.39 is 48.4 Å². The smallest absolute Gasteiger partial charge is 0.422 e. The third-order valence-electron chi connectivity index (χ3n) is 7.00. The molecule has 0 bridgehead atoms. The van der Waals surface area contributed by atoms with Crippen LogP contribution in [0.4, 0.5) is 4.79 Å². The van der Waals surface area contributed by atoms with Crippen LogP contribution in [0.25, 0.3) is 15.9 Å². The fourth-order valence-corrected chi connectivity index (χ4v) is 6.81. The molecule has 2 aliphatic heterocycles. The molecule has 4 unspecified atom stereocenters. The number of aromatic nitrogens is 4. The predicted molar refractivity (Wildman–Crippen MR) is 162 cm³/mol. The largest absolute Gasteiger partial charge is 0.443 e. The number of halogens is 1. The molecule has 0 radical (unpaired) electrons. The lowest BCUT2D eigenvalue weighted by Crippen LogP contribution is -2.66. The first-order valence-corrected chi connectivity index (χ1v) is 15.5. The van der Waals surface area contributed by atoms with Gasteiger partial charge in [-0.15, -0.1) is 11.3 Å². The quantitative estimate of drug-likeness (QED) is 0.258. The monoisotopic (exact) mass is 672 g/mol. The molecule has 2 aliphatic rings. The second-order valence-electron chi connectivity index (χ2n) is 11.5. The van der Waals surface area contributed by atoms with Crippen molar-refractivity contribution in [3.05, 3.63) is 69.2 Å². The molecule has 2 aromatic heterocycles. The molecule has 2 fully saturated rings. The normalized spacial score (nSPS) is 25.8. The van der Waals surface area contributed by atoms with Crippen molar-refractivity contribution >= 4 is 43.6 Å². The number of hydrazine groups is 1. The van der Waals surface area contributed by atoms with Gasteiger partial charge >= 0.3 is 6.09 Å². The first-order valence-electron chi connectivity index (χ1n) is 13.9. The number of aliphatic hydroxyl groups is 1. The van der Waals surface area contributed by atoms with E-state index in [1.165, 1.54) is 0 Å². The molecule has 1 amide bonds. The molecule has 0 saturated carbocycles. The Labute approximate surface area is 260 Å². The molecule has 12 nitrogen and oxygen atoms in total. The molecular weight excluding hydrogens is 640 g/mol. The Morgan fingerprint density at radius 1 is 1.16 bits per heavy atom. The summed E-state index contributed by atoms with van der Waals surface area (Å²) in [5.74, 6) is 0.895. The first-order chi connectivity index (χ1) is 20.5. The van der Waals surface area contributed by atoms with E-state index >= 15 is 0 Å². The Balaban J connectivity index is 1.33. The minimum absolute atomic E-state index is 0.183. The predicted octanol–water partition coefficient (Wildman–Crippen LogP) is 4.57. The molecule has 6 rings (SSSR count). The molecule has 4 heterocycles. The van der Waals surface area contributed by atoms with E-state index in [2.05, 4.69) is 41.8 Å². The molecular formula is C29H33BrN6O6S. The van der Waals surface area contributed by atoms with Crippen LogP contribution in [0, 0.1) is 13.8 Å². The number of carbonyl (C=O) groups excluding carboxylic acids is 1. The topological polar surface area (TPSA) is 142 Å². The van der Waals surface area contributed by atoms with E-state index in [0.29, 0.717) is 11.6 Å². The molecule has 2 aromatic carbocycles. The van der Waals surface area contributed by atoms with E-state index in [-0.39, 0.29) is 6.61 Å². The van der Waals surface area contributed by atoms with Crippen LogP contribution in [-0.4, -0.2) is 67.5 Å². The van der Waals surface area contributed by atoms with Crippen LogP contribution in [0.15, 0.2) is 46.9 Å². The number of benzene rings is 2. The van der Waals surface area contributed by atoms with Crippen molar-refractivity contribution < 1.29 is 28.8 Å². The third-order valence-corrected chi connectivity index (χ3v) is 8.52. The van der Waals surface area contributed by atoms with Crippen LogP contribution in [0.3, 0.4) is 0 Å². The van der Waals surface area contributed by atoms with E-state index in [1.807, 2.05) is 49.4 Å². The molecule has 3 N–H and O–H groups in total. The van der Waals surface area contributed by atoms with Crippen molar-refractivity contribution in [2.45, 2.75) is 77.0 Å². The van der Waals surface area contributed by atoms with Gasteiger partial charge in [-0.05, 0) is 62.7 Å². The summed E-state index contributed by atoms with van der Waals surface area (Å²) >= 11 is 5.21. The van der Waals surface area contributed by atoms with Crippen molar-refractivity contribution in [1.82, 2.24) is 30.6 Å². The maximum atomic E-state index is 12.6. The van der Waals surface area contributed by atoms with Crippen molar-refractivity contribution in [3.8, 4) is 5.69 Å². The number of rotatable bonds is 5. The van der Waals surface area contributed by atoms with Gasteiger partial charge in [0.15, 0.2) is 12.1 Å². The van der Waals surface area contributed by atoms with Gasteiger partial charge in [-0.3, -0.25) is 5.43 Å². The lowest BCUT2D eigenvalue weighted by molar-refractivity contribution is -0.313. The van der Waals surface area contributed by atoms with E-state index in [1.54, 1.807) is 43.7 Å². The van der Waals surface area contributed by atoms with Gasteiger partial charge in [-0.25, -0.2) is 24.9 Å². The van der Waals surface area contributed by atoms with Crippen LogP contribution >= 0.6 is 27.3 Å². The number of thiazole rings is 1. The Kier molecular flexibility index (Phi) is 8.28. The van der Waals surface area contributed by atoms with Crippen LogP contribution in [0.1, 0.15) is 55.4 Å². The van der Waals surface area contributed by atoms with Crippen LogP contribution in [0.2, 0.25) is 0 Å². The summed E-state index contributed by atoms with van der Waals surface area (Å²) in [5, 5.41) is 17.4. The first kappa shape index (κ1) is 30.1. The van der Waals surface area contributed by atoms with Gasteiger partial charge in [-0.1, -0.05) is 30.3 Å². The zero-order valence-corrected chi connectivity index (χ0v) is 26.7. The van der Waals surface area contributed by atoms with Crippen LogP contribution < -0.4 is 10.9 Å². The number of aliphatic hydroxyl groups excluding tert-OH is 1. The van der Waals surface area contributed by atoms with Gasteiger partial charge in [0, 0.05) is 10.0 Å². The summed E-state index contributed by atoms with van der Waals surface area (Å²) in [5.41, 5.74) is 7.25. The lowest BCUT2D eigenvalue weighted by atomic mass is 9.91. The molecule has 0 spiro atoms. The highest BCUT2D eigenvalue weighted by molar-refractivity contribution is 9.10. The molecule has 0 aliphatic carbocycles. The lowest BCUT2D eigenvalue weighted by Gasteiger charge is -2.48. The maximum Gasteiger partial charge on any atom is 0.422 e. The summed E-state index contributed by atoms with van der Waals surface area (Å²) in [6.45, 7) is 9.23. The number of amides is 1. The fraction of sp³-hybridized carbons (Fsp3) is 0.448. The number of nitrogens with one attached hydrogen (secondary N) is 2. The molecule has 4 aromatic rings. The van der Waals surface area contributed by atoms with Crippen molar-refractivity contribution in [2.75, 3.05) is 6.61 Å². The maximum absolute atomic E-state index is 12.6. The number of ether oxygens (including phenoxy) is 4. The highest BCUT2D eigenvalue weighted by Crippen LogP contribution is 2.40. The van der Waals surface area contributed by atoms with Crippen molar-refractivity contribution in [3.63, 3.8) is 0 Å². The van der Waals surface area contributed by atoms with Crippen LogP contribution in [0.5, 0.6) is 0 Å². The molecule has 228 valence electrons. The third kappa shape index (κ3) is 6.32. The summed E-state index contributed by atoms with van der Waals surface area (Å²) in [4.78, 5) is 21.8. The fourth-order valence-electron chi connectivity index (χ4n) is 5.26. The minimum Gasteiger partial charge on any atom is -0.443 e. The van der Waals surface area contributed by atoms with Gasteiger partial charge in [0.05, 0.1) is 33.6 Å². The number of nitrogens with zero attached hydrogens (tertiary/aromatic N) is 4. The van der Waals surface area contributed by atoms with Gasteiger partial charge < -0.3 is 24.1 Å².